The third kappa shape index (κ3) is 3.17. The Labute approximate surface area is 119 Å². The van der Waals surface area contributed by atoms with Crippen LogP contribution in [0.4, 0.5) is 0 Å². The molecule has 1 unspecified atom stereocenters. The van der Waals surface area contributed by atoms with Crippen LogP contribution in [0.5, 0.6) is 0 Å². The summed E-state index contributed by atoms with van der Waals surface area (Å²) in [6, 6.07) is 9.88. The molecular weight excluding hydrogens is 254 g/mol. The highest BCUT2D eigenvalue weighted by molar-refractivity contribution is 5.92. The molecule has 2 rings (SSSR count). The summed E-state index contributed by atoms with van der Waals surface area (Å²) in [5, 5.41) is 0. The zero-order valence-corrected chi connectivity index (χ0v) is 11.8. The first-order chi connectivity index (χ1) is 9.65. The first-order valence-electron chi connectivity index (χ1n) is 6.96. The lowest BCUT2D eigenvalue weighted by molar-refractivity contribution is -0.150. The molecule has 1 aromatic carbocycles. The van der Waals surface area contributed by atoms with E-state index in [1.54, 1.807) is 9.80 Å². The molecule has 1 atom stereocenters. The molecule has 1 aliphatic heterocycles. The van der Waals surface area contributed by atoms with Gasteiger partial charge < -0.3 is 15.5 Å². The molecule has 0 aliphatic carbocycles. The van der Waals surface area contributed by atoms with Gasteiger partial charge >= 0.3 is 0 Å². The van der Waals surface area contributed by atoms with Gasteiger partial charge in [-0.15, -0.1) is 0 Å². The summed E-state index contributed by atoms with van der Waals surface area (Å²) in [6.45, 7) is 3.77. The van der Waals surface area contributed by atoms with Crippen LogP contribution in [0.3, 0.4) is 0 Å². The van der Waals surface area contributed by atoms with Crippen LogP contribution in [0, 0.1) is 0 Å². The fraction of sp³-hybridized carbons (Fsp3) is 0.467. The van der Waals surface area contributed by atoms with Crippen molar-refractivity contribution in [2.24, 2.45) is 5.73 Å². The molecule has 108 valence electrons. The summed E-state index contributed by atoms with van der Waals surface area (Å²) in [5.41, 5.74) is 6.93. The van der Waals surface area contributed by atoms with E-state index in [0.717, 1.165) is 5.56 Å². The molecule has 2 amide bonds. The number of hydrogen-bond donors (Lipinski definition) is 1. The highest BCUT2D eigenvalue weighted by Crippen LogP contribution is 2.17. The Bertz CT molecular complexity index is 475. The standard InChI is InChI=1S/C15H21N3O2/c1-2-17-10-15(20)18(11-14(17)19)9-13(8-16)12-6-4-3-5-7-12/h3-7,13H,2,8-11,16H2,1H3. The van der Waals surface area contributed by atoms with Crippen LogP contribution in [0.15, 0.2) is 30.3 Å². The molecule has 0 radical (unpaired) electrons. The van der Waals surface area contributed by atoms with Crippen molar-refractivity contribution in [2.45, 2.75) is 12.8 Å². The summed E-state index contributed by atoms with van der Waals surface area (Å²) >= 11 is 0. The maximum atomic E-state index is 12.1. The quantitative estimate of drug-likeness (QED) is 0.847. The topological polar surface area (TPSA) is 66.6 Å². The lowest BCUT2D eigenvalue weighted by Crippen LogP contribution is -2.54. The molecule has 0 bridgehead atoms. The molecule has 0 aromatic heterocycles. The maximum Gasteiger partial charge on any atom is 0.242 e. The van der Waals surface area contributed by atoms with E-state index in [2.05, 4.69) is 0 Å². The Kier molecular flexibility index (Phi) is 4.74. The lowest BCUT2D eigenvalue weighted by atomic mass is 9.98. The van der Waals surface area contributed by atoms with Gasteiger partial charge in [0.15, 0.2) is 0 Å². The Morgan fingerprint density at radius 1 is 1.10 bits per heavy atom. The van der Waals surface area contributed by atoms with E-state index in [9.17, 15) is 9.59 Å². The molecule has 20 heavy (non-hydrogen) atoms. The van der Waals surface area contributed by atoms with E-state index < -0.39 is 0 Å². The zero-order valence-electron chi connectivity index (χ0n) is 11.8. The number of nitrogens with two attached hydrogens (primary N) is 1. The van der Waals surface area contributed by atoms with Gasteiger partial charge in [-0.3, -0.25) is 9.59 Å². The smallest absolute Gasteiger partial charge is 0.242 e. The average molecular weight is 275 g/mol. The normalized spacial score (nSPS) is 17.5. The van der Waals surface area contributed by atoms with Gasteiger partial charge in [-0.2, -0.15) is 0 Å². The van der Waals surface area contributed by atoms with E-state index >= 15 is 0 Å². The second-order valence-electron chi connectivity index (χ2n) is 5.03. The molecule has 0 spiro atoms. The van der Waals surface area contributed by atoms with Crippen LogP contribution >= 0.6 is 0 Å². The Balaban J connectivity index is 2.05. The molecule has 5 heteroatoms. The van der Waals surface area contributed by atoms with E-state index in [-0.39, 0.29) is 30.8 Å². The van der Waals surface area contributed by atoms with Gasteiger partial charge in [-0.05, 0) is 12.5 Å². The van der Waals surface area contributed by atoms with Crippen LogP contribution in [0.25, 0.3) is 0 Å². The first-order valence-corrected chi connectivity index (χ1v) is 6.96. The van der Waals surface area contributed by atoms with Crippen LogP contribution in [0.1, 0.15) is 18.4 Å². The molecule has 0 saturated carbocycles. The van der Waals surface area contributed by atoms with Gasteiger partial charge in [0.1, 0.15) is 0 Å². The number of piperazine rings is 1. The molecule has 1 aromatic rings. The van der Waals surface area contributed by atoms with Gasteiger partial charge in [0.05, 0.1) is 13.1 Å². The van der Waals surface area contributed by atoms with E-state index in [4.69, 9.17) is 5.73 Å². The fourth-order valence-electron chi connectivity index (χ4n) is 2.46. The van der Waals surface area contributed by atoms with Crippen LogP contribution in [-0.4, -0.2) is 54.3 Å². The van der Waals surface area contributed by atoms with Gasteiger partial charge in [-0.1, -0.05) is 30.3 Å². The molecule has 2 N–H and O–H groups in total. The van der Waals surface area contributed by atoms with Gasteiger partial charge in [0.25, 0.3) is 0 Å². The lowest BCUT2D eigenvalue weighted by Gasteiger charge is -2.35. The van der Waals surface area contributed by atoms with Crippen molar-refractivity contribution >= 4 is 11.8 Å². The third-order valence-corrected chi connectivity index (χ3v) is 3.74. The van der Waals surface area contributed by atoms with Gasteiger partial charge in [0.2, 0.25) is 11.8 Å². The predicted octanol–water partition coefficient (Wildman–Crippen LogP) is 0.420. The molecule has 1 fully saturated rings. The minimum Gasteiger partial charge on any atom is -0.332 e. The Hall–Kier alpha value is -1.88. The number of rotatable bonds is 5. The second-order valence-corrected chi connectivity index (χ2v) is 5.03. The van der Waals surface area contributed by atoms with Crippen molar-refractivity contribution in [1.82, 2.24) is 9.80 Å². The summed E-state index contributed by atoms with van der Waals surface area (Å²) in [6.07, 6.45) is 0. The van der Waals surface area contributed by atoms with Crippen molar-refractivity contribution in [3.05, 3.63) is 35.9 Å². The minimum absolute atomic E-state index is 0.000770. The van der Waals surface area contributed by atoms with Crippen molar-refractivity contribution in [3.8, 4) is 0 Å². The number of likely N-dealkylation sites (N-methyl/N-ethyl adjacent to an activating group) is 1. The molecule has 1 heterocycles. The summed E-state index contributed by atoms with van der Waals surface area (Å²) in [4.78, 5) is 27.2. The minimum atomic E-state index is 0.000770. The molecule has 1 saturated heterocycles. The fourth-order valence-corrected chi connectivity index (χ4v) is 2.46. The first kappa shape index (κ1) is 14.5. The van der Waals surface area contributed by atoms with Crippen molar-refractivity contribution < 1.29 is 9.59 Å². The van der Waals surface area contributed by atoms with E-state index in [1.807, 2.05) is 37.3 Å². The largest absolute Gasteiger partial charge is 0.332 e. The summed E-state index contributed by atoms with van der Waals surface area (Å²) in [5.74, 6) is 0.0814. The number of amides is 2. The number of nitrogens with zero attached hydrogens (tertiary/aromatic N) is 2. The van der Waals surface area contributed by atoms with Crippen molar-refractivity contribution in [2.75, 3.05) is 32.7 Å². The van der Waals surface area contributed by atoms with Crippen LogP contribution < -0.4 is 5.73 Å². The number of benzene rings is 1. The average Bonchev–Trinajstić information content (AvgIpc) is 2.48. The summed E-state index contributed by atoms with van der Waals surface area (Å²) < 4.78 is 0. The molecule has 1 aliphatic rings. The van der Waals surface area contributed by atoms with E-state index in [0.29, 0.717) is 19.6 Å². The van der Waals surface area contributed by atoms with Crippen molar-refractivity contribution in [1.29, 1.82) is 0 Å². The SMILES string of the molecule is CCN1CC(=O)N(CC(CN)c2ccccc2)CC1=O. The maximum absolute atomic E-state index is 12.1. The third-order valence-electron chi connectivity index (χ3n) is 3.74. The zero-order chi connectivity index (χ0) is 14.5. The second kappa shape index (κ2) is 6.52. The summed E-state index contributed by atoms with van der Waals surface area (Å²) in [7, 11) is 0. The highest BCUT2D eigenvalue weighted by atomic mass is 16.2. The van der Waals surface area contributed by atoms with Crippen molar-refractivity contribution in [3.63, 3.8) is 0 Å². The number of hydrogen-bond acceptors (Lipinski definition) is 3. The number of carbonyl (C=O) groups is 2. The highest BCUT2D eigenvalue weighted by Gasteiger charge is 2.30. The van der Waals surface area contributed by atoms with Gasteiger partial charge in [0, 0.05) is 25.6 Å². The molecular formula is C15H21N3O2. The van der Waals surface area contributed by atoms with Crippen LogP contribution in [-0.2, 0) is 9.59 Å². The monoisotopic (exact) mass is 275 g/mol. The molecule has 5 nitrogen and oxygen atoms in total. The van der Waals surface area contributed by atoms with Gasteiger partial charge in [-0.25, -0.2) is 0 Å². The number of carbonyl (C=O) groups excluding carboxylic acids is 2. The Morgan fingerprint density at radius 2 is 1.70 bits per heavy atom. The van der Waals surface area contributed by atoms with Crippen LogP contribution in [0.2, 0.25) is 0 Å². The van der Waals surface area contributed by atoms with E-state index in [1.165, 1.54) is 0 Å². The predicted molar refractivity (Wildman–Crippen MR) is 77.1 cm³/mol. The Morgan fingerprint density at radius 3 is 2.30 bits per heavy atom.